The number of carbonyl (C=O) groups is 2. The van der Waals surface area contributed by atoms with Gasteiger partial charge in [0.2, 0.25) is 5.91 Å². The van der Waals surface area contributed by atoms with E-state index in [1.165, 1.54) is 0 Å². The molecule has 0 radical (unpaired) electrons. The van der Waals surface area contributed by atoms with Gasteiger partial charge >= 0.3 is 0 Å². The molecule has 2 aliphatic rings. The van der Waals surface area contributed by atoms with Gasteiger partial charge in [0.15, 0.2) is 0 Å². The smallest absolute Gasteiger partial charge is 0.256 e. The monoisotopic (exact) mass is 390 g/mol. The van der Waals surface area contributed by atoms with E-state index in [0.29, 0.717) is 5.57 Å². The maximum atomic E-state index is 12.7. The Morgan fingerprint density at radius 2 is 1.86 bits per heavy atom. The normalized spacial score (nSPS) is 18.5. The summed E-state index contributed by atoms with van der Waals surface area (Å²) in [5, 5.41) is 3.04. The Morgan fingerprint density at radius 1 is 1.14 bits per heavy atom. The van der Waals surface area contributed by atoms with Gasteiger partial charge in [-0.1, -0.05) is 18.7 Å². The molecular formula is C24H26N2O3. The maximum Gasteiger partial charge on any atom is 0.256 e. The van der Waals surface area contributed by atoms with Gasteiger partial charge in [0.05, 0.1) is 13.2 Å². The fourth-order valence-electron chi connectivity index (χ4n) is 3.78. The number of hydrogen-bond donors (Lipinski definition) is 1. The minimum absolute atomic E-state index is 0.0736. The Balaban J connectivity index is 1.69. The SMILES string of the molecule is C=C1C(=O)N(c2cc(C)c(C)c(OC)c2)[C@H]1c1ccc(C)c(NC(=O)C2CC2)c1. The van der Waals surface area contributed by atoms with E-state index in [0.717, 1.165) is 52.2 Å². The van der Waals surface area contributed by atoms with Crippen LogP contribution in [0, 0.1) is 26.7 Å². The van der Waals surface area contributed by atoms with Crippen LogP contribution in [0.4, 0.5) is 11.4 Å². The molecule has 1 atom stereocenters. The maximum absolute atomic E-state index is 12.7. The van der Waals surface area contributed by atoms with Crippen LogP contribution < -0.4 is 15.0 Å². The van der Waals surface area contributed by atoms with Gasteiger partial charge in [0, 0.05) is 28.9 Å². The van der Waals surface area contributed by atoms with E-state index < -0.39 is 0 Å². The number of hydrogen-bond acceptors (Lipinski definition) is 3. The van der Waals surface area contributed by atoms with E-state index in [2.05, 4.69) is 11.9 Å². The number of benzene rings is 2. The summed E-state index contributed by atoms with van der Waals surface area (Å²) < 4.78 is 5.49. The minimum Gasteiger partial charge on any atom is -0.496 e. The molecule has 5 heteroatoms. The Morgan fingerprint density at radius 3 is 2.52 bits per heavy atom. The number of rotatable bonds is 5. The first-order valence-electron chi connectivity index (χ1n) is 9.90. The third-order valence-corrected chi connectivity index (χ3v) is 5.97. The number of nitrogens with zero attached hydrogens (tertiary/aromatic N) is 1. The van der Waals surface area contributed by atoms with Crippen molar-refractivity contribution < 1.29 is 14.3 Å². The molecule has 1 saturated heterocycles. The molecule has 1 N–H and O–H groups in total. The molecule has 1 aliphatic carbocycles. The second-order valence-corrected chi connectivity index (χ2v) is 8.03. The van der Waals surface area contributed by atoms with Gasteiger partial charge in [-0.25, -0.2) is 0 Å². The number of β-lactam (4-membered cyclic amide) rings is 1. The van der Waals surface area contributed by atoms with Crippen molar-refractivity contribution in [1.29, 1.82) is 0 Å². The highest BCUT2D eigenvalue weighted by Crippen LogP contribution is 2.44. The number of nitrogens with one attached hydrogen (secondary N) is 1. The van der Waals surface area contributed by atoms with Crippen molar-refractivity contribution >= 4 is 23.2 Å². The van der Waals surface area contributed by atoms with Crippen LogP contribution in [-0.4, -0.2) is 18.9 Å². The first-order valence-corrected chi connectivity index (χ1v) is 9.90. The van der Waals surface area contributed by atoms with Crippen molar-refractivity contribution in [2.75, 3.05) is 17.3 Å². The van der Waals surface area contributed by atoms with Gasteiger partial charge in [-0.2, -0.15) is 0 Å². The van der Waals surface area contributed by atoms with Gasteiger partial charge in [-0.3, -0.25) is 14.5 Å². The fraction of sp³-hybridized carbons (Fsp3) is 0.333. The molecule has 1 saturated carbocycles. The number of carbonyl (C=O) groups excluding carboxylic acids is 2. The second-order valence-electron chi connectivity index (χ2n) is 8.03. The Bertz CT molecular complexity index is 1040. The first-order chi connectivity index (χ1) is 13.8. The molecule has 5 nitrogen and oxygen atoms in total. The van der Waals surface area contributed by atoms with Crippen molar-refractivity contribution in [1.82, 2.24) is 0 Å². The van der Waals surface area contributed by atoms with Gasteiger partial charge in [-0.15, -0.1) is 0 Å². The molecule has 2 aromatic rings. The van der Waals surface area contributed by atoms with Crippen molar-refractivity contribution in [2.24, 2.45) is 5.92 Å². The molecule has 0 aromatic heterocycles. The zero-order valence-electron chi connectivity index (χ0n) is 17.3. The van der Waals surface area contributed by atoms with Crippen LogP contribution in [0.1, 0.15) is 41.1 Å². The van der Waals surface area contributed by atoms with E-state index in [1.54, 1.807) is 12.0 Å². The van der Waals surface area contributed by atoms with Gasteiger partial charge < -0.3 is 10.1 Å². The number of amides is 2. The van der Waals surface area contributed by atoms with Crippen LogP contribution in [-0.2, 0) is 9.59 Å². The van der Waals surface area contributed by atoms with E-state index >= 15 is 0 Å². The van der Waals surface area contributed by atoms with E-state index in [-0.39, 0.29) is 23.8 Å². The van der Waals surface area contributed by atoms with E-state index in [1.807, 2.05) is 51.1 Å². The molecule has 0 bridgehead atoms. The predicted octanol–water partition coefficient (Wildman–Crippen LogP) is 4.61. The molecule has 2 amide bonds. The lowest BCUT2D eigenvalue weighted by Crippen LogP contribution is -2.49. The van der Waals surface area contributed by atoms with Crippen LogP contribution in [0.3, 0.4) is 0 Å². The van der Waals surface area contributed by atoms with Crippen LogP contribution in [0.5, 0.6) is 5.75 Å². The Labute approximate surface area is 171 Å². The number of anilines is 2. The van der Waals surface area contributed by atoms with Gasteiger partial charge in [0.1, 0.15) is 5.75 Å². The van der Waals surface area contributed by atoms with E-state index in [9.17, 15) is 9.59 Å². The molecular weight excluding hydrogens is 364 g/mol. The fourth-order valence-corrected chi connectivity index (χ4v) is 3.78. The quantitative estimate of drug-likeness (QED) is 0.599. The largest absolute Gasteiger partial charge is 0.496 e. The molecule has 0 spiro atoms. The van der Waals surface area contributed by atoms with Gasteiger partial charge in [0.25, 0.3) is 5.91 Å². The average Bonchev–Trinajstić information content (AvgIpc) is 3.54. The van der Waals surface area contributed by atoms with Crippen molar-refractivity contribution in [2.45, 2.75) is 39.7 Å². The van der Waals surface area contributed by atoms with Gasteiger partial charge in [-0.05, 0) is 68.0 Å². The highest BCUT2D eigenvalue weighted by Gasteiger charge is 2.43. The number of aryl methyl sites for hydroxylation is 2. The average molecular weight is 390 g/mol. The Kier molecular flexibility index (Phi) is 4.69. The third kappa shape index (κ3) is 3.31. The topological polar surface area (TPSA) is 58.6 Å². The highest BCUT2D eigenvalue weighted by atomic mass is 16.5. The lowest BCUT2D eigenvalue weighted by atomic mass is 9.87. The standard InChI is InChI=1S/C24H26N2O3/c1-13-6-7-18(11-20(13)25-23(27)17-8-9-17)22-16(4)24(28)26(22)19-10-14(2)15(3)21(12-19)29-5/h6-7,10-12,17,22H,4,8-9H2,1-3,5H3,(H,25,27)/t22-/m1/s1. The summed E-state index contributed by atoms with van der Waals surface area (Å²) in [6, 6.07) is 9.57. The molecule has 1 heterocycles. The number of methoxy groups -OCH3 is 1. The zero-order chi connectivity index (χ0) is 20.9. The minimum atomic E-state index is -0.258. The molecule has 1 aliphatic heterocycles. The van der Waals surface area contributed by atoms with Crippen LogP contribution in [0.2, 0.25) is 0 Å². The molecule has 29 heavy (non-hydrogen) atoms. The molecule has 4 rings (SSSR count). The molecule has 2 fully saturated rings. The first kappa shape index (κ1) is 19.2. The van der Waals surface area contributed by atoms with Crippen LogP contribution >= 0.6 is 0 Å². The van der Waals surface area contributed by atoms with E-state index in [4.69, 9.17) is 4.74 Å². The van der Waals surface area contributed by atoms with Crippen molar-refractivity contribution in [3.8, 4) is 5.75 Å². The summed E-state index contributed by atoms with van der Waals surface area (Å²) in [7, 11) is 1.63. The third-order valence-electron chi connectivity index (χ3n) is 5.97. The highest BCUT2D eigenvalue weighted by molar-refractivity contribution is 6.15. The zero-order valence-corrected chi connectivity index (χ0v) is 17.3. The Hall–Kier alpha value is -3.08. The summed E-state index contributed by atoms with van der Waals surface area (Å²) in [4.78, 5) is 26.7. The summed E-state index contributed by atoms with van der Waals surface area (Å²) in [5.41, 5.74) is 6.18. The summed E-state index contributed by atoms with van der Waals surface area (Å²) in [6.07, 6.45) is 1.92. The van der Waals surface area contributed by atoms with Crippen LogP contribution in [0.15, 0.2) is 42.5 Å². The summed E-state index contributed by atoms with van der Waals surface area (Å²) in [6.45, 7) is 9.98. The van der Waals surface area contributed by atoms with Crippen LogP contribution in [0.25, 0.3) is 0 Å². The molecule has 150 valence electrons. The van der Waals surface area contributed by atoms with Crippen molar-refractivity contribution in [3.05, 3.63) is 64.7 Å². The predicted molar refractivity (Wildman–Crippen MR) is 114 cm³/mol. The molecule has 0 unspecified atom stereocenters. The van der Waals surface area contributed by atoms with Crippen molar-refractivity contribution in [3.63, 3.8) is 0 Å². The lowest BCUT2D eigenvalue weighted by molar-refractivity contribution is -0.119. The lowest BCUT2D eigenvalue weighted by Gasteiger charge is -2.43. The molecule has 2 aromatic carbocycles. The summed E-state index contributed by atoms with van der Waals surface area (Å²) in [5.74, 6) is 0.872. The summed E-state index contributed by atoms with van der Waals surface area (Å²) >= 11 is 0. The second kappa shape index (κ2) is 7.07. The number of ether oxygens (including phenoxy) is 1.